The molecule has 1 saturated heterocycles. The summed E-state index contributed by atoms with van der Waals surface area (Å²) in [6.07, 6.45) is 0. The van der Waals surface area contributed by atoms with Crippen molar-refractivity contribution in [3.63, 3.8) is 0 Å². The predicted molar refractivity (Wildman–Crippen MR) is 113 cm³/mol. The molecule has 152 valence electrons. The van der Waals surface area contributed by atoms with Gasteiger partial charge in [0, 0.05) is 49.5 Å². The summed E-state index contributed by atoms with van der Waals surface area (Å²) in [6.45, 7) is 8.15. The van der Waals surface area contributed by atoms with Gasteiger partial charge in [0.05, 0.1) is 5.02 Å². The normalized spacial score (nSPS) is 15.7. The molecular weight excluding hydrogens is 421 g/mol. The molecule has 2 heterocycles. The van der Waals surface area contributed by atoms with Crippen LogP contribution in [0.15, 0.2) is 23.1 Å². The first-order valence-electron chi connectivity index (χ1n) is 9.02. The highest BCUT2D eigenvalue weighted by Gasteiger charge is 2.31. The summed E-state index contributed by atoms with van der Waals surface area (Å²) < 4.78 is 27.6. The molecule has 0 aliphatic carbocycles. The highest BCUT2D eigenvalue weighted by molar-refractivity contribution is 7.89. The lowest BCUT2D eigenvalue weighted by Gasteiger charge is -2.35. The molecule has 0 unspecified atom stereocenters. The number of nitrogens with zero attached hydrogens (tertiary/aromatic N) is 4. The Hall–Kier alpha value is -1.61. The largest absolute Gasteiger partial charge is 0.354 e. The van der Waals surface area contributed by atoms with Crippen LogP contribution in [0.1, 0.15) is 18.2 Å². The minimum absolute atomic E-state index is 0.0943. The second-order valence-electron chi connectivity index (χ2n) is 6.64. The van der Waals surface area contributed by atoms with Gasteiger partial charge in [0.25, 0.3) is 0 Å². The maximum Gasteiger partial charge on any atom is 0.244 e. The molecule has 3 rings (SSSR count). The van der Waals surface area contributed by atoms with Crippen molar-refractivity contribution in [1.82, 2.24) is 14.3 Å². The number of halogens is 2. The zero-order valence-corrected chi connectivity index (χ0v) is 18.4. The summed E-state index contributed by atoms with van der Waals surface area (Å²) in [7, 11) is -3.69. The molecule has 1 aromatic carbocycles. The molecule has 1 aliphatic heterocycles. The van der Waals surface area contributed by atoms with Crippen LogP contribution in [0.3, 0.4) is 0 Å². The average Bonchev–Trinajstić information content (AvgIpc) is 2.64. The Morgan fingerprint density at radius 3 is 2.36 bits per heavy atom. The Kier molecular flexibility index (Phi) is 6.34. The average molecular weight is 444 g/mol. The third-order valence-corrected chi connectivity index (χ3v) is 7.34. The van der Waals surface area contributed by atoms with Crippen LogP contribution in [0.2, 0.25) is 10.0 Å². The van der Waals surface area contributed by atoms with Crippen LogP contribution in [-0.2, 0) is 10.0 Å². The second-order valence-corrected chi connectivity index (χ2v) is 9.37. The van der Waals surface area contributed by atoms with E-state index in [1.165, 1.54) is 16.4 Å². The van der Waals surface area contributed by atoms with Crippen LogP contribution in [0.5, 0.6) is 0 Å². The standard InChI is InChI=1S/C18H23Cl2N5O2S/c1-4-21-18-22-13(3)10-17(23-18)24-5-7-25(8-6-24)28(26,27)16-9-12(2)14(19)11-15(16)20/h9-11H,4-8H2,1-3H3,(H,21,22,23). The number of aromatic nitrogens is 2. The molecule has 10 heteroatoms. The van der Waals surface area contributed by atoms with Gasteiger partial charge in [-0.1, -0.05) is 23.2 Å². The minimum atomic E-state index is -3.69. The maximum atomic E-state index is 13.1. The summed E-state index contributed by atoms with van der Waals surface area (Å²) in [5.41, 5.74) is 1.54. The van der Waals surface area contributed by atoms with Gasteiger partial charge in [0.15, 0.2) is 0 Å². The number of piperazine rings is 1. The van der Waals surface area contributed by atoms with E-state index < -0.39 is 10.0 Å². The first-order valence-corrected chi connectivity index (χ1v) is 11.2. The summed E-state index contributed by atoms with van der Waals surface area (Å²) in [5.74, 6) is 1.37. The van der Waals surface area contributed by atoms with Crippen LogP contribution in [-0.4, -0.2) is 55.4 Å². The van der Waals surface area contributed by atoms with Crippen molar-refractivity contribution < 1.29 is 8.42 Å². The summed E-state index contributed by atoms with van der Waals surface area (Å²) in [6, 6.07) is 4.92. The Balaban J connectivity index is 1.77. The van der Waals surface area contributed by atoms with Crippen molar-refractivity contribution in [2.45, 2.75) is 25.7 Å². The number of nitrogens with one attached hydrogen (secondary N) is 1. The van der Waals surface area contributed by atoms with Gasteiger partial charge in [-0.05, 0) is 38.5 Å². The second kappa shape index (κ2) is 8.41. The van der Waals surface area contributed by atoms with E-state index in [0.717, 1.165) is 18.1 Å². The summed E-state index contributed by atoms with van der Waals surface area (Å²) >= 11 is 12.2. The molecule has 0 spiro atoms. The van der Waals surface area contributed by atoms with Gasteiger partial charge in [-0.2, -0.15) is 9.29 Å². The molecule has 1 aliphatic rings. The smallest absolute Gasteiger partial charge is 0.244 e. The Bertz CT molecular complexity index is 976. The fourth-order valence-electron chi connectivity index (χ4n) is 3.08. The van der Waals surface area contributed by atoms with E-state index in [1.54, 1.807) is 6.92 Å². The van der Waals surface area contributed by atoms with Gasteiger partial charge >= 0.3 is 0 Å². The first kappa shape index (κ1) is 21.1. The molecule has 0 radical (unpaired) electrons. The molecule has 0 saturated carbocycles. The van der Waals surface area contributed by atoms with Gasteiger partial charge < -0.3 is 10.2 Å². The molecule has 1 aromatic heterocycles. The first-order chi connectivity index (χ1) is 13.2. The van der Waals surface area contributed by atoms with Crippen LogP contribution in [0, 0.1) is 13.8 Å². The molecule has 1 fully saturated rings. The molecule has 2 aromatic rings. The third kappa shape index (κ3) is 4.35. The van der Waals surface area contributed by atoms with Crippen molar-refractivity contribution in [1.29, 1.82) is 0 Å². The lowest BCUT2D eigenvalue weighted by molar-refractivity contribution is 0.384. The zero-order chi connectivity index (χ0) is 20.5. The number of hydrogen-bond donors (Lipinski definition) is 1. The van der Waals surface area contributed by atoms with Crippen LogP contribution >= 0.6 is 23.2 Å². The molecule has 28 heavy (non-hydrogen) atoms. The van der Waals surface area contributed by atoms with E-state index in [2.05, 4.69) is 20.2 Å². The van der Waals surface area contributed by atoms with Crippen molar-refractivity contribution in [3.8, 4) is 0 Å². The van der Waals surface area contributed by atoms with Crippen molar-refractivity contribution in [3.05, 3.63) is 39.5 Å². The van der Waals surface area contributed by atoms with Crippen molar-refractivity contribution >= 4 is 45.0 Å². The summed E-state index contributed by atoms with van der Waals surface area (Å²) in [5, 5.41) is 3.70. The lowest BCUT2D eigenvalue weighted by atomic mass is 10.2. The fourth-order valence-corrected chi connectivity index (χ4v) is 5.31. The van der Waals surface area contributed by atoms with Crippen molar-refractivity contribution in [2.75, 3.05) is 42.9 Å². The summed E-state index contributed by atoms with van der Waals surface area (Å²) in [4.78, 5) is 11.0. The maximum absolute atomic E-state index is 13.1. The number of sulfonamides is 1. The SMILES string of the molecule is CCNc1nc(C)cc(N2CCN(S(=O)(=O)c3cc(C)c(Cl)cc3Cl)CC2)n1. The van der Waals surface area contributed by atoms with Gasteiger partial charge in [0.1, 0.15) is 10.7 Å². The molecule has 1 N–H and O–H groups in total. The van der Waals surface area contributed by atoms with E-state index in [9.17, 15) is 8.42 Å². The highest BCUT2D eigenvalue weighted by atomic mass is 35.5. The van der Waals surface area contributed by atoms with Crippen molar-refractivity contribution in [2.24, 2.45) is 0 Å². The molecule has 7 nitrogen and oxygen atoms in total. The van der Waals surface area contributed by atoms with E-state index in [0.29, 0.717) is 42.7 Å². The van der Waals surface area contributed by atoms with Crippen LogP contribution < -0.4 is 10.2 Å². The number of aryl methyl sites for hydroxylation is 2. The van der Waals surface area contributed by atoms with E-state index in [-0.39, 0.29) is 9.92 Å². The molecule has 0 atom stereocenters. The monoisotopic (exact) mass is 443 g/mol. The number of anilines is 2. The van der Waals surface area contributed by atoms with Gasteiger partial charge in [-0.3, -0.25) is 0 Å². The lowest BCUT2D eigenvalue weighted by Crippen LogP contribution is -2.49. The van der Waals surface area contributed by atoms with Gasteiger partial charge in [0.2, 0.25) is 16.0 Å². The number of hydrogen-bond acceptors (Lipinski definition) is 6. The Labute approximate surface area is 175 Å². The Morgan fingerprint density at radius 2 is 1.71 bits per heavy atom. The molecule has 0 bridgehead atoms. The van der Waals surface area contributed by atoms with Crippen LogP contribution in [0.25, 0.3) is 0 Å². The van der Waals surface area contributed by atoms with E-state index in [4.69, 9.17) is 23.2 Å². The Morgan fingerprint density at radius 1 is 1.04 bits per heavy atom. The predicted octanol–water partition coefficient (Wildman–Crippen LogP) is 3.34. The fraction of sp³-hybridized carbons (Fsp3) is 0.444. The molecule has 0 amide bonds. The van der Waals surface area contributed by atoms with Gasteiger partial charge in [-0.25, -0.2) is 13.4 Å². The number of rotatable bonds is 5. The van der Waals surface area contributed by atoms with E-state index in [1.807, 2.05) is 19.9 Å². The van der Waals surface area contributed by atoms with E-state index >= 15 is 0 Å². The third-order valence-electron chi connectivity index (χ3n) is 4.57. The molecular formula is C18H23Cl2N5O2S. The number of benzene rings is 1. The zero-order valence-electron chi connectivity index (χ0n) is 16.0. The quantitative estimate of drug-likeness (QED) is 0.762. The highest BCUT2D eigenvalue weighted by Crippen LogP contribution is 2.31. The minimum Gasteiger partial charge on any atom is -0.354 e. The topological polar surface area (TPSA) is 78.4 Å². The van der Waals surface area contributed by atoms with Gasteiger partial charge in [-0.15, -0.1) is 0 Å². The van der Waals surface area contributed by atoms with Crippen LogP contribution in [0.4, 0.5) is 11.8 Å².